The highest BCUT2D eigenvalue weighted by Crippen LogP contribution is 2.45. The van der Waals surface area contributed by atoms with Crippen molar-refractivity contribution in [1.82, 2.24) is 0 Å². The van der Waals surface area contributed by atoms with Gasteiger partial charge in [-0.25, -0.2) is 0 Å². The third-order valence-electron chi connectivity index (χ3n) is 4.46. The molecule has 1 heterocycles. The quantitative estimate of drug-likeness (QED) is 0.410. The Morgan fingerprint density at radius 1 is 0.900 bits per heavy atom. The molecule has 1 aliphatic carbocycles. The summed E-state index contributed by atoms with van der Waals surface area (Å²) in [6.07, 6.45) is 5.28. The maximum Gasteiger partial charge on any atom is 0.0622 e. The van der Waals surface area contributed by atoms with E-state index in [1.165, 1.54) is 41.7 Å². The first kappa shape index (κ1) is 13.2. The van der Waals surface area contributed by atoms with Gasteiger partial charge in [-0.2, -0.15) is 0 Å². The van der Waals surface area contributed by atoms with Gasteiger partial charge in [0.1, 0.15) is 0 Å². The van der Waals surface area contributed by atoms with E-state index in [0.717, 1.165) is 5.75 Å². The molecule has 0 saturated carbocycles. The van der Waals surface area contributed by atoms with Gasteiger partial charge in [0.15, 0.2) is 0 Å². The number of fused-ring (bicyclic) bond motifs is 3. The summed E-state index contributed by atoms with van der Waals surface area (Å²) in [6, 6.07) is 14.0. The zero-order valence-electron chi connectivity index (χ0n) is 11.4. The lowest BCUT2D eigenvalue weighted by atomic mass is 9.89. The van der Waals surface area contributed by atoms with Crippen molar-refractivity contribution in [2.75, 3.05) is 0 Å². The van der Waals surface area contributed by atoms with Gasteiger partial charge in [-0.15, -0.1) is 11.8 Å². The van der Waals surface area contributed by atoms with Crippen LogP contribution in [0.5, 0.6) is 0 Å². The molecule has 2 aliphatic rings. The number of alkyl halides is 1. The van der Waals surface area contributed by atoms with Crippen molar-refractivity contribution in [3.8, 4) is 0 Å². The number of hydrogen-bond acceptors (Lipinski definition) is 1. The fourth-order valence-corrected chi connectivity index (χ4v) is 5.82. The van der Waals surface area contributed by atoms with Crippen LogP contribution in [0.25, 0.3) is 0 Å². The molecule has 0 radical (unpaired) electrons. The number of benzene rings is 2. The monoisotopic (exact) mass is 392 g/mol. The van der Waals surface area contributed by atoms with E-state index in [1.54, 1.807) is 16.7 Å². The first-order valence-electron chi connectivity index (χ1n) is 7.33. The third kappa shape index (κ3) is 2.21. The molecule has 0 bridgehead atoms. The van der Waals surface area contributed by atoms with Crippen LogP contribution < -0.4 is 0 Å². The third-order valence-corrected chi connectivity index (χ3v) is 6.92. The maximum atomic E-state index is 2.63. The Kier molecular flexibility index (Phi) is 3.55. The van der Waals surface area contributed by atoms with Crippen molar-refractivity contribution < 1.29 is 0 Å². The van der Waals surface area contributed by atoms with Crippen LogP contribution in [0.1, 0.15) is 44.6 Å². The van der Waals surface area contributed by atoms with Crippen molar-refractivity contribution in [1.29, 1.82) is 0 Å². The topological polar surface area (TPSA) is 0 Å². The Morgan fingerprint density at radius 3 is 2.50 bits per heavy atom. The number of thioether (sulfide) groups is 1. The normalized spacial score (nSPS) is 20.6. The first-order chi connectivity index (χ1) is 9.83. The number of rotatable bonds is 0. The van der Waals surface area contributed by atoms with Gasteiger partial charge in [-0.05, 0) is 59.6 Å². The highest BCUT2D eigenvalue weighted by Gasteiger charge is 2.23. The molecule has 102 valence electrons. The van der Waals surface area contributed by atoms with Gasteiger partial charge >= 0.3 is 0 Å². The molecule has 2 heteroatoms. The van der Waals surface area contributed by atoms with Crippen LogP contribution in [0.3, 0.4) is 0 Å². The second-order valence-electron chi connectivity index (χ2n) is 5.72. The average molecular weight is 392 g/mol. The molecule has 4 rings (SSSR count). The molecule has 1 atom stereocenters. The molecule has 0 aromatic heterocycles. The SMILES string of the molecule is IC1c2ccccc2CSc2cc3c(cc21)CCCC3. The van der Waals surface area contributed by atoms with E-state index in [-0.39, 0.29) is 0 Å². The number of aryl methyl sites for hydroxylation is 2. The van der Waals surface area contributed by atoms with Crippen LogP contribution in [0.2, 0.25) is 0 Å². The van der Waals surface area contributed by atoms with Gasteiger partial charge in [0, 0.05) is 10.6 Å². The molecular weight excluding hydrogens is 375 g/mol. The molecule has 0 spiro atoms. The minimum absolute atomic E-state index is 0.501. The van der Waals surface area contributed by atoms with E-state index in [2.05, 4.69) is 59.0 Å². The lowest BCUT2D eigenvalue weighted by Gasteiger charge is -2.20. The van der Waals surface area contributed by atoms with Gasteiger partial charge in [-0.1, -0.05) is 52.9 Å². The van der Waals surface area contributed by atoms with Gasteiger partial charge in [0.2, 0.25) is 0 Å². The average Bonchev–Trinajstić information content (AvgIpc) is 2.64. The minimum Gasteiger partial charge on any atom is -0.121 e. The van der Waals surface area contributed by atoms with Crippen molar-refractivity contribution in [2.24, 2.45) is 0 Å². The van der Waals surface area contributed by atoms with Crippen LogP contribution in [0, 0.1) is 0 Å². The fraction of sp³-hybridized carbons (Fsp3) is 0.333. The predicted octanol–water partition coefficient (Wildman–Crippen LogP) is 5.70. The van der Waals surface area contributed by atoms with Crippen molar-refractivity contribution in [3.05, 3.63) is 64.2 Å². The number of hydrogen-bond donors (Lipinski definition) is 0. The second-order valence-corrected chi connectivity index (χ2v) is 7.98. The van der Waals surface area contributed by atoms with Crippen LogP contribution in [0.15, 0.2) is 41.3 Å². The molecule has 2 aromatic rings. The molecule has 0 saturated heterocycles. The fourth-order valence-electron chi connectivity index (χ4n) is 3.34. The van der Waals surface area contributed by atoms with E-state index in [9.17, 15) is 0 Å². The van der Waals surface area contributed by atoms with E-state index in [0.29, 0.717) is 3.92 Å². The summed E-state index contributed by atoms with van der Waals surface area (Å²) in [5.41, 5.74) is 7.77. The largest absolute Gasteiger partial charge is 0.121 e. The van der Waals surface area contributed by atoms with E-state index < -0.39 is 0 Å². The number of halogens is 1. The first-order valence-corrected chi connectivity index (χ1v) is 9.56. The van der Waals surface area contributed by atoms with Crippen LogP contribution >= 0.6 is 34.4 Å². The molecule has 0 nitrogen and oxygen atoms in total. The predicted molar refractivity (Wildman–Crippen MR) is 95.0 cm³/mol. The smallest absolute Gasteiger partial charge is 0.0622 e. The molecular formula is C18H17IS. The van der Waals surface area contributed by atoms with E-state index in [4.69, 9.17) is 0 Å². The highest BCUT2D eigenvalue weighted by molar-refractivity contribution is 14.1. The molecule has 0 N–H and O–H groups in total. The summed E-state index contributed by atoms with van der Waals surface area (Å²) in [5.74, 6) is 1.11. The lowest BCUT2D eigenvalue weighted by Crippen LogP contribution is -2.05. The summed E-state index contributed by atoms with van der Waals surface area (Å²) in [5, 5.41) is 0. The summed E-state index contributed by atoms with van der Waals surface area (Å²) in [6.45, 7) is 0. The molecule has 1 unspecified atom stereocenters. The summed E-state index contributed by atoms with van der Waals surface area (Å²) in [7, 11) is 0. The van der Waals surface area contributed by atoms with Gasteiger partial charge in [-0.3, -0.25) is 0 Å². The molecule has 0 fully saturated rings. The highest BCUT2D eigenvalue weighted by atomic mass is 127. The Morgan fingerprint density at radius 2 is 1.65 bits per heavy atom. The molecule has 20 heavy (non-hydrogen) atoms. The van der Waals surface area contributed by atoms with E-state index >= 15 is 0 Å². The Labute approximate surface area is 138 Å². The Balaban J connectivity index is 1.86. The molecule has 1 aliphatic heterocycles. The summed E-state index contributed by atoms with van der Waals surface area (Å²) >= 11 is 4.65. The van der Waals surface area contributed by atoms with Gasteiger partial charge < -0.3 is 0 Å². The molecule has 0 amide bonds. The zero-order valence-corrected chi connectivity index (χ0v) is 14.3. The lowest BCUT2D eigenvalue weighted by molar-refractivity contribution is 0.682. The Hall–Kier alpha value is -0.480. The van der Waals surface area contributed by atoms with Gasteiger partial charge in [0.05, 0.1) is 3.92 Å². The zero-order chi connectivity index (χ0) is 13.5. The van der Waals surface area contributed by atoms with Crippen molar-refractivity contribution >= 4 is 34.4 Å². The van der Waals surface area contributed by atoms with Crippen LogP contribution in [0.4, 0.5) is 0 Å². The van der Waals surface area contributed by atoms with Gasteiger partial charge in [0.25, 0.3) is 0 Å². The molecule has 2 aromatic carbocycles. The second kappa shape index (κ2) is 5.38. The van der Waals surface area contributed by atoms with Crippen LogP contribution in [-0.2, 0) is 18.6 Å². The summed E-state index contributed by atoms with van der Waals surface area (Å²) < 4.78 is 0.501. The van der Waals surface area contributed by atoms with Crippen molar-refractivity contribution in [3.63, 3.8) is 0 Å². The standard InChI is InChI=1S/C18H17IS/c19-18-15-8-4-3-7-14(15)11-20-17-10-13-6-2-1-5-12(13)9-16(17)18/h3-4,7-10,18H,1-2,5-6,11H2. The maximum absolute atomic E-state index is 2.63. The Bertz CT molecular complexity index is 662. The van der Waals surface area contributed by atoms with Crippen molar-refractivity contribution in [2.45, 2.75) is 40.3 Å². The minimum atomic E-state index is 0.501. The van der Waals surface area contributed by atoms with Crippen LogP contribution in [-0.4, -0.2) is 0 Å². The van der Waals surface area contributed by atoms with E-state index in [1.807, 2.05) is 11.8 Å². The summed E-state index contributed by atoms with van der Waals surface area (Å²) in [4.78, 5) is 1.52.